The van der Waals surface area contributed by atoms with Crippen LogP contribution in [0.3, 0.4) is 0 Å². The van der Waals surface area contributed by atoms with Gasteiger partial charge in [-0.2, -0.15) is 5.26 Å². The highest BCUT2D eigenvalue weighted by Gasteiger charge is 2.15. The second-order valence-electron chi connectivity index (χ2n) is 5.92. The molecule has 2 rings (SSSR count). The molecule has 1 N–H and O–H groups in total. The summed E-state index contributed by atoms with van der Waals surface area (Å²) >= 11 is 0. The van der Waals surface area contributed by atoms with Gasteiger partial charge in [0, 0.05) is 0 Å². The predicted molar refractivity (Wildman–Crippen MR) is 97.6 cm³/mol. The third-order valence-electron chi connectivity index (χ3n) is 3.55. The van der Waals surface area contributed by atoms with E-state index in [2.05, 4.69) is 5.32 Å². The topological polar surface area (TPSA) is 102 Å². The lowest BCUT2D eigenvalue weighted by Gasteiger charge is -2.11. The lowest BCUT2D eigenvalue weighted by atomic mass is 10.1. The summed E-state index contributed by atoms with van der Waals surface area (Å²) in [4.78, 5) is 23.9. The van der Waals surface area contributed by atoms with Crippen LogP contribution in [-0.2, 0) is 16.1 Å². The van der Waals surface area contributed by atoms with Crippen LogP contribution in [-0.4, -0.2) is 19.0 Å². The van der Waals surface area contributed by atoms with Gasteiger partial charge in [0.2, 0.25) is 0 Å². The fourth-order valence-corrected chi connectivity index (χ4v) is 2.08. The summed E-state index contributed by atoms with van der Waals surface area (Å²) in [5, 5.41) is 11.9. The van der Waals surface area contributed by atoms with E-state index in [-0.39, 0.29) is 29.8 Å². The van der Waals surface area contributed by atoms with E-state index >= 15 is 0 Å². The smallest absolute Gasteiger partial charge is 0.313 e. The molecule has 0 unspecified atom stereocenters. The number of hydrogen-bond acceptors (Lipinski definition) is 6. The van der Waals surface area contributed by atoms with Gasteiger partial charge in [-0.15, -0.1) is 0 Å². The van der Waals surface area contributed by atoms with Gasteiger partial charge in [-0.05, 0) is 35.9 Å². The van der Waals surface area contributed by atoms with E-state index < -0.39 is 5.91 Å². The van der Waals surface area contributed by atoms with E-state index in [0.29, 0.717) is 17.1 Å². The first kappa shape index (κ1) is 19.8. The number of furan rings is 1. The number of hydrogen-bond donors (Lipinski definition) is 1. The molecule has 1 amide bonds. The van der Waals surface area contributed by atoms with Crippen LogP contribution in [0.25, 0.3) is 6.08 Å². The maximum atomic E-state index is 12.2. The lowest BCUT2D eigenvalue weighted by molar-refractivity contribution is -0.137. The molecule has 2 aromatic rings. The molecule has 0 aliphatic rings. The van der Waals surface area contributed by atoms with E-state index in [0.717, 1.165) is 0 Å². The van der Waals surface area contributed by atoms with Crippen molar-refractivity contribution < 1.29 is 23.5 Å². The van der Waals surface area contributed by atoms with Crippen molar-refractivity contribution >= 4 is 18.0 Å². The van der Waals surface area contributed by atoms with Crippen LogP contribution in [0.2, 0.25) is 0 Å². The van der Waals surface area contributed by atoms with Crippen molar-refractivity contribution in [2.24, 2.45) is 5.92 Å². The van der Waals surface area contributed by atoms with Crippen LogP contribution in [0.5, 0.6) is 11.5 Å². The number of nitrogens with zero attached hydrogens (tertiary/aromatic N) is 1. The van der Waals surface area contributed by atoms with Crippen LogP contribution in [0.15, 0.2) is 46.6 Å². The molecule has 0 aliphatic heterocycles. The van der Waals surface area contributed by atoms with Gasteiger partial charge >= 0.3 is 5.97 Å². The summed E-state index contributed by atoms with van der Waals surface area (Å²) in [7, 11) is 1.44. The molecule has 7 heteroatoms. The number of nitriles is 1. The molecule has 0 aliphatic carbocycles. The van der Waals surface area contributed by atoms with Crippen LogP contribution in [0.1, 0.15) is 25.2 Å². The van der Waals surface area contributed by atoms with Gasteiger partial charge in [0.05, 0.1) is 25.8 Å². The Balaban J connectivity index is 2.16. The highest BCUT2D eigenvalue weighted by molar-refractivity contribution is 6.01. The van der Waals surface area contributed by atoms with E-state index in [9.17, 15) is 14.9 Å². The molecule has 1 heterocycles. The lowest BCUT2D eigenvalue weighted by Crippen LogP contribution is -2.23. The fraction of sp³-hybridized carbons (Fsp3) is 0.250. The highest BCUT2D eigenvalue weighted by Crippen LogP contribution is 2.29. The number of esters is 1. The summed E-state index contributed by atoms with van der Waals surface area (Å²) in [5.74, 6) is -0.00842. The van der Waals surface area contributed by atoms with Crippen LogP contribution >= 0.6 is 0 Å². The molecule has 7 nitrogen and oxygen atoms in total. The van der Waals surface area contributed by atoms with Gasteiger partial charge < -0.3 is 19.2 Å². The van der Waals surface area contributed by atoms with E-state index in [4.69, 9.17) is 13.9 Å². The van der Waals surface area contributed by atoms with Crippen molar-refractivity contribution in [1.29, 1.82) is 5.26 Å². The first-order valence-electron chi connectivity index (χ1n) is 8.26. The number of ether oxygens (including phenoxy) is 2. The molecule has 0 radical (unpaired) electrons. The number of methoxy groups -OCH3 is 1. The van der Waals surface area contributed by atoms with Crippen molar-refractivity contribution in [3.8, 4) is 17.6 Å². The molecule has 0 atom stereocenters. The van der Waals surface area contributed by atoms with Crippen LogP contribution in [0.4, 0.5) is 0 Å². The van der Waals surface area contributed by atoms with Gasteiger partial charge in [0.1, 0.15) is 17.4 Å². The molecular weight excluding hydrogens is 348 g/mol. The summed E-state index contributed by atoms with van der Waals surface area (Å²) in [6.45, 7) is 3.64. The Morgan fingerprint density at radius 1 is 1.30 bits per heavy atom. The molecule has 0 saturated heterocycles. The summed E-state index contributed by atoms with van der Waals surface area (Å²) in [5.41, 5.74) is 0.483. The van der Waals surface area contributed by atoms with Crippen LogP contribution in [0, 0.1) is 17.2 Å². The fourth-order valence-electron chi connectivity index (χ4n) is 2.08. The number of carbonyl (C=O) groups excluding carboxylic acids is 2. The Bertz CT molecular complexity index is 876. The molecule has 1 aromatic heterocycles. The minimum atomic E-state index is -0.525. The number of rotatable bonds is 7. The first-order valence-corrected chi connectivity index (χ1v) is 8.26. The molecule has 140 valence electrons. The average Bonchev–Trinajstić information content (AvgIpc) is 3.18. The Morgan fingerprint density at radius 2 is 2.07 bits per heavy atom. The van der Waals surface area contributed by atoms with Crippen molar-refractivity contribution in [3.05, 3.63) is 53.5 Å². The summed E-state index contributed by atoms with van der Waals surface area (Å²) in [6.07, 6.45) is 2.93. The van der Waals surface area contributed by atoms with Crippen molar-refractivity contribution in [1.82, 2.24) is 5.32 Å². The zero-order valence-electron chi connectivity index (χ0n) is 15.3. The Morgan fingerprint density at radius 3 is 2.67 bits per heavy atom. The molecule has 0 saturated carbocycles. The third kappa shape index (κ3) is 5.47. The van der Waals surface area contributed by atoms with Gasteiger partial charge in [0.15, 0.2) is 11.5 Å². The van der Waals surface area contributed by atoms with Gasteiger partial charge in [-0.1, -0.05) is 19.9 Å². The Hall–Kier alpha value is -3.53. The Labute approximate surface area is 157 Å². The summed E-state index contributed by atoms with van der Waals surface area (Å²) < 4.78 is 15.6. The number of carbonyl (C=O) groups is 2. The number of amides is 1. The quantitative estimate of drug-likeness (QED) is 0.349. The second-order valence-corrected chi connectivity index (χ2v) is 5.92. The zero-order valence-corrected chi connectivity index (χ0v) is 15.3. The molecule has 0 spiro atoms. The monoisotopic (exact) mass is 368 g/mol. The largest absolute Gasteiger partial charge is 0.493 e. The SMILES string of the molecule is COc1cc(/C=C(\C#N)C(=O)NCc2ccco2)ccc1OC(=O)C(C)C. The van der Waals surface area contributed by atoms with Crippen molar-refractivity contribution in [2.75, 3.05) is 7.11 Å². The van der Waals surface area contributed by atoms with Gasteiger partial charge in [0.25, 0.3) is 5.91 Å². The Kier molecular flexibility index (Phi) is 6.78. The normalized spacial score (nSPS) is 11.0. The molecule has 0 bridgehead atoms. The maximum Gasteiger partial charge on any atom is 0.313 e. The second kappa shape index (κ2) is 9.25. The van der Waals surface area contributed by atoms with Gasteiger partial charge in [-0.25, -0.2) is 0 Å². The highest BCUT2D eigenvalue weighted by atomic mass is 16.6. The number of nitrogens with one attached hydrogen (secondary N) is 1. The third-order valence-corrected chi connectivity index (χ3v) is 3.55. The van der Waals surface area contributed by atoms with Crippen molar-refractivity contribution in [2.45, 2.75) is 20.4 Å². The van der Waals surface area contributed by atoms with E-state index in [1.165, 1.54) is 19.4 Å². The first-order chi connectivity index (χ1) is 12.9. The molecular formula is C20H20N2O5. The zero-order chi connectivity index (χ0) is 19.8. The minimum Gasteiger partial charge on any atom is -0.493 e. The van der Waals surface area contributed by atoms with Gasteiger partial charge in [-0.3, -0.25) is 9.59 Å². The minimum absolute atomic E-state index is 0.0736. The standard InChI is InChI=1S/C20H20N2O5/c1-13(2)20(24)27-17-7-6-14(10-18(17)25-3)9-15(11-21)19(23)22-12-16-5-4-8-26-16/h4-10,13H,12H2,1-3H3,(H,22,23)/b15-9+. The van der Waals surface area contributed by atoms with Crippen LogP contribution < -0.4 is 14.8 Å². The van der Waals surface area contributed by atoms with E-state index in [1.54, 1.807) is 44.2 Å². The average molecular weight is 368 g/mol. The number of benzene rings is 1. The van der Waals surface area contributed by atoms with E-state index in [1.807, 2.05) is 6.07 Å². The summed E-state index contributed by atoms with van der Waals surface area (Å²) in [6, 6.07) is 10.1. The molecule has 27 heavy (non-hydrogen) atoms. The predicted octanol–water partition coefficient (Wildman–Crippen LogP) is 3.07. The maximum absolute atomic E-state index is 12.2. The molecule has 1 aromatic carbocycles. The van der Waals surface area contributed by atoms with Crippen molar-refractivity contribution in [3.63, 3.8) is 0 Å². The molecule has 0 fully saturated rings.